The van der Waals surface area contributed by atoms with Crippen molar-refractivity contribution < 1.29 is 9.21 Å². The third-order valence-electron chi connectivity index (χ3n) is 2.20. The van der Waals surface area contributed by atoms with Crippen LogP contribution < -0.4 is 5.32 Å². The van der Waals surface area contributed by atoms with Crippen molar-refractivity contribution in [3.05, 3.63) is 36.1 Å². The van der Waals surface area contributed by atoms with Crippen LogP contribution >= 0.6 is 0 Å². The molecule has 1 heterocycles. The van der Waals surface area contributed by atoms with Crippen molar-refractivity contribution >= 4 is 16.9 Å². The number of terminal acetylenes is 1. The van der Waals surface area contributed by atoms with Gasteiger partial charge >= 0.3 is 0 Å². The van der Waals surface area contributed by atoms with Gasteiger partial charge in [-0.15, -0.1) is 12.3 Å². The zero-order chi connectivity index (χ0) is 11.4. The van der Waals surface area contributed by atoms with E-state index in [0.717, 1.165) is 5.39 Å². The number of benzene rings is 1. The molecule has 1 aromatic heterocycles. The molecule has 1 amide bonds. The minimum Gasteiger partial charge on any atom is -0.451 e. The van der Waals surface area contributed by atoms with Gasteiger partial charge in [0.2, 0.25) is 0 Å². The molecule has 0 saturated heterocycles. The predicted molar refractivity (Wildman–Crippen MR) is 62.0 cm³/mol. The second-order valence-corrected chi connectivity index (χ2v) is 3.36. The highest BCUT2D eigenvalue weighted by Crippen LogP contribution is 2.18. The molecule has 1 aromatic carbocycles. The van der Waals surface area contributed by atoms with E-state index >= 15 is 0 Å². The van der Waals surface area contributed by atoms with Crippen LogP contribution in [0.5, 0.6) is 0 Å². The van der Waals surface area contributed by atoms with E-state index < -0.39 is 0 Å². The van der Waals surface area contributed by atoms with Gasteiger partial charge in [0.15, 0.2) is 5.76 Å². The van der Waals surface area contributed by atoms with E-state index in [1.54, 1.807) is 6.07 Å². The first-order valence-corrected chi connectivity index (χ1v) is 5.01. The molecule has 0 spiro atoms. The van der Waals surface area contributed by atoms with Crippen molar-refractivity contribution in [2.24, 2.45) is 0 Å². The maximum absolute atomic E-state index is 11.6. The Kier molecular flexibility index (Phi) is 2.93. The molecule has 3 heteroatoms. The SMILES string of the molecule is C#CCCNC(=O)c1cc2ccccc2o1. The Hall–Kier alpha value is -2.21. The van der Waals surface area contributed by atoms with Crippen molar-refractivity contribution in [1.29, 1.82) is 0 Å². The highest BCUT2D eigenvalue weighted by Gasteiger charge is 2.10. The number of hydrogen-bond donors (Lipinski definition) is 1. The van der Waals surface area contributed by atoms with Gasteiger partial charge in [-0.25, -0.2) is 0 Å². The lowest BCUT2D eigenvalue weighted by atomic mass is 10.2. The number of rotatable bonds is 3. The van der Waals surface area contributed by atoms with Gasteiger partial charge in [-0.05, 0) is 12.1 Å². The van der Waals surface area contributed by atoms with Crippen LogP contribution in [0.3, 0.4) is 0 Å². The molecule has 2 rings (SSSR count). The Morgan fingerprint density at radius 2 is 2.25 bits per heavy atom. The second kappa shape index (κ2) is 4.54. The lowest BCUT2D eigenvalue weighted by Gasteiger charge is -1.98. The fourth-order valence-corrected chi connectivity index (χ4v) is 1.43. The van der Waals surface area contributed by atoms with Crippen LogP contribution in [0, 0.1) is 12.3 Å². The highest BCUT2D eigenvalue weighted by atomic mass is 16.3. The number of nitrogens with one attached hydrogen (secondary N) is 1. The van der Waals surface area contributed by atoms with E-state index in [-0.39, 0.29) is 5.91 Å². The smallest absolute Gasteiger partial charge is 0.287 e. The van der Waals surface area contributed by atoms with E-state index in [4.69, 9.17) is 10.8 Å². The van der Waals surface area contributed by atoms with Gasteiger partial charge in [0.05, 0.1) is 0 Å². The fourth-order valence-electron chi connectivity index (χ4n) is 1.43. The number of furan rings is 1. The van der Waals surface area contributed by atoms with Crippen LogP contribution in [0.1, 0.15) is 17.0 Å². The molecule has 0 unspecified atom stereocenters. The minimum atomic E-state index is -0.230. The molecule has 16 heavy (non-hydrogen) atoms. The first kappa shape index (κ1) is 10.3. The summed E-state index contributed by atoms with van der Waals surface area (Å²) >= 11 is 0. The average Bonchev–Trinajstić information content (AvgIpc) is 2.73. The zero-order valence-corrected chi connectivity index (χ0v) is 8.69. The van der Waals surface area contributed by atoms with Gasteiger partial charge in [-0.2, -0.15) is 0 Å². The molecule has 0 saturated carbocycles. The van der Waals surface area contributed by atoms with Crippen molar-refractivity contribution in [1.82, 2.24) is 5.32 Å². The van der Waals surface area contributed by atoms with Crippen LogP contribution in [0.15, 0.2) is 34.7 Å². The lowest BCUT2D eigenvalue weighted by Crippen LogP contribution is -2.23. The minimum absolute atomic E-state index is 0.230. The summed E-state index contributed by atoms with van der Waals surface area (Å²) in [5, 5.41) is 3.61. The Morgan fingerprint density at radius 3 is 3.00 bits per heavy atom. The Morgan fingerprint density at radius 1 is 1.44 bits per heavy atom. The molecule has 0 aliphatic rings. The number of amides is 1. The molecule has 0 bridgehead atoms. The normalized spacial score (nSPS) is 9.94. The lowest BCUT2D eigenvalue weighted by molar-refractivity contribution is 0.0929. The van der Waals surface area contributed by atoms with Gasteiger partial charge < -0.3 is 9.73 Å². The maximum Gasteiger partial charge on any atom is 0.287 e. The number of para-hydroxylation sites is 1. The molecule has 0 radical (unpaired) electrons. The van der Waals surface area contributed by atoms with Crippen LogP contribution in [-0.4, -0.2) is 12.5 Å². The molecule has 3 nitrogen and oxygen atoms in total. The fraction of sp³-hybridized carbons (Fsp3) is 0.154. The summed E-state index contributed by atoms with van der Waals surface area (Å²) < 4.78 is 5.40. The maximum atomic E-state index is 11.6. The van der Waals surface area contributed by atoms with E-state index in [1.165, 1.54) is 0 Å². The van der Waals surface area contributed by atoms with Gasteiger partial charge in [-0.1, -0.05) is 18.2 Å². The molecule has 0 aliphatic heterocycles. The van der Waals surface area contributed by atoms with Crippen molar-refractivity contribution in [3.8, 4) is 12.3 Å². The summed E-state index contributed by atoms with van der Waals surface area (Å²) in [7, 11) is 0. The highest BCUT2D eigenvalue weighted by molar-refractivity contribution is 5.96. The summed E-state index contributed by atoms with van der Waals surface area (Å²) in [5.41, 5.74) is 0.713. The zero-order valence-electron chi connectivity index (χ0n) is 8.69. The third-order valence-corrected chi connectivity index (χ3v) is 2.20. The van der Waals surface area contributed by atoms with Crippen molar-refractivity contribution in [3.63, 3.8) is 0 Å². The van der Waals surface area contributed by atoms with Crippen LogP contribution in [0.25, 0.3) is 11.0 Å². The van der Waals surface area contributed by atoms with Crippen LogP contribution in [0.4, 0.5) is 0 Å². The molecular formula is C13H11NO2. The summed E-state index contributed by atoms with van der Waals surface area (Å²) in [6.07, 6.45) is 5.61. The first-order valence-electron chi connectivity index (χ1n) is 5.01. The Balaban J connectivity index is 2.14. The quantitative estimate of drug-likeness (QED) is 0.627. The topological polar surface area (TPSA) is 42.2 Å². The monoisotopic (exact) mass is 213 g/mol. The molecule has 0 atom stereocenters. The summed E-state index contributed by atoms with van der Waals surface area (Å²) in [5.74, 6) is 2.54. The average molecular weight is 213 g/mol. The van der Waals surface area contributed by atoms with Crippen molar-refractivity contribution in [2.75, 3.05) is 6.54 Å². The number of carbonyl (C=O) groups is 1. The Bertz CT molecular complexity index is 515. The van der Waals surface area contributed by atoms with E-state index in [1.807, 2.05) is 24.3 Å². The van der Waals surface area contributed by atoms with E-state index in [2.05, 4.69) is 11.2 Å². The first-order chi connectivity index (χ1) is 7.81. The molecule has 1 N–H and O–H groups in total. The molecule has 80 valence electrons. The second-order valence-electron chi connectivity index (χ2n) is 3.36. The van der Waals surface area contributed by atoms with Gasteiger partial charge in [-0.3, -0.25) is 4.79 Å². The summed E-state index contributed by atoms with van der Waals surface area (Å²) in [4.78, 5) is 11.6. The van der Waals surface area contributed by atoms with Gasteiger partial charge in [0.1, 0.15) is 5.58 Å². The predicted octanol–water partition coefficient (Wildman–Crippen LogP) is 2.19. The number of carbonyl (C=O) groups excluding carboxylic acids is 1. The van der Waals surface area contributed by atoms with Crippen molar-refractivity contribution in [2.45, 2.75) is 6.42 Å². The van der Waals surface area contributed by atoms with E-state index in [9.17, 15) is 4.79 Å². The summed E-state index contributed by atoms with van der Waals surface area (Å²) in [6, 6.07) is 9.22. The number of hydrogen-bond acceptors (Lipinski definition) is 2. The molecule has 2 aromatic rings. The van der Waals surface area contributed by atoms with Crippen LogP contribution in [-0.2, 0) is 0 Å². The van der Waals surface area contributed by atoms with Crippen LogP contribution in [0.2, 0.25) is 0 Å². The van der Waals surface area contributed by atoms with Gasteiger partial charge in [0.25, 0.3) is 5.91 Å². The largest absolute Gasteiger partial charge is 0.451 e. The molecular weight excluding hydrogens is 202 g/mol. The molecule has 0 fully saturated rings. The van der Waals surface area contributed by atoms with Gasteiger partial charge in [0, 0.05) is 18.4 Å². The summed E-state index contributed by atoms with van der Waals surface area (Å²) in [6.45, 7) is 0.465. The third kappa shape index (κ3) is 2.06. The number of fused-ring (bicyclic) bond motifs is 1. The standard InChI is InChI=1S/C13H11NO2/c1-2-3-8-14-13(15)12-9-10-6-4-5-7-11(10)16-12/h1,4-7,9H,3,8H2,(H,14,15). The Labute approximate surface area is 93.4 Å². The molecule has 0 aliphatic carbocycles. The van der Waals surface area contributed by atoms with E-state index in [0.29, 0.717) is 24.3 Å².